The first-order chi connectivity index (χ1) is 18.1. The van der Waals surface area contributed by atoms with Crippen LogP contribution in [0.15, 0.2) is 73.1 Å². The average molecular weight is 502 g/mol. The number of aryl methyl sites for hydroxylation is 2. The lowest BCUT2D eigenvalue weighted by Gasteiger charge is -2.24. The van der Waals surface area contributed by atoms with Gasteiger partial charge in [-0.1, -0.05) is 89.0 Å². The van der Waals surface area contributed by atoms with Gasteiger partial charge in [0.25, 0.3) is 5.91 Å². The minimum absolute atomic E-state index is 0.0110. The van der Waals surface area contributed by atoms with E-state index in [1.807, 2.05) is 77.4 Å². The van der Waals surface area contributed by atoms with E-state index in [1.54, 1.807) is 0 Å². The number of anilines is 1. The maximum Gasteiger partial charge on any atom is 0.264 e. The number of carbonyl (C=O) groups is 1. The highest BCUT2D eigenvalue weighted by molar-refractivity contribution is 6.05. The van der Waals surface area contributed by atoms with E-state index in [4.69, 9.17) is 4.74 Å². The highest BCUT2D eigenvalue weighted by Crippen LogP contribution is 2.24. The van der Waals surface area contributed by atoms with Gasteiger partial charge < -0.3 is 9.64 Å². The zero-order valence-corrected chi connectivity index (χ0v) is 23.1. The zero-order valence-electron chi connectivity index (χ0n) is 23.1. The summed E-state index contributed by atoms with van der Waals surface area (Å²) in [7, 11) is 1.93. The molecule has 0 radical (unpaired) electrons. The highest BCUT2D eigenvalue weighted by atomic mass is 16.5. The van der Waals surface area contributed by atoms with Crippen LogP contribution >= 0.6 is 0 Å². The van der Waals surface area contributed by atoms with Crippen molar-refractivity contribution in [2.45, 2.75) is 84.6 Å². The van der Waals surface area contributed by atoms with Gasteiger partial charge in [0, 0.05) is 11.8 Å². The number of hydrogen-bond acceptors (Lipinski definition) is 2. The monoisotopic (exact) mass is 501 g/mol. The fourth-order valence-corrected chi connectivity index (χ4v) is 4.64. The quantitative estimate of drug-likeness (QED) is 0.147. The van der Waals surface area contributed by atoms with Gasteiger partial charge in [0.05, 0.1) is 13.2 Å². The van der Waals surface area contributed by atoms with Gasteiger partial charge in [0.1, 0.15) is 18.4 Å². The summed E-state index contributed by atoms with van der Waals surface area (Å²) in [6.45, 7) is 5.63. The molecule has 0 unspecified atom stereocenters. The van der Waals surface area contributed by atoms with Crippen LogP contribution in [0.3, 0.4) is 0 Å². The number of pyridine rings is 1. The minimum Gasteiger partial charge on any atom is -0.494 e. The SMILES string of the molecule is CCCCCCCCCCCCOc1ccc(CN(C(=O)c2ccc[n+](C)c2)c2ccccc2)c(C)c1. The lowest BCUT2D eigenvalue weighted by Crippen LogP contribution is -2.34. The second-order valence-electron chi connectivity index (χ2n) is 10.1. The van der Waals surface area contributed by atoms with Crippen LogP contribution in [-0.2, 0) is 13.6 Å². The molecule has 0 spiro atoms. The number of aromatic nitrogens is 1. The molecule has 3 rings (SSSR count). The summed E-state index contributed by atoms with van der Waals surface area (Å²) >= 11 is 0. The smallest absolute Gasteiger partial charge is 0.264 e. The Morgan fingerprint density at radius 2 is 1.51 bits per heavy atom. The predicted molar refractivity (Wildman–Crippen MR) is 153 cm³/mol. The molecule has 0 aliphatic carbocycles. The molecule has 0 aliphatic rings. The number of benzene rings is 2. The maximum absolute atomic E-state index is 13.5. The van der Waals surface area contributed by atoms with Crippen LogP contribution in [0, 0.1) is 6.92 Å². The summed E-state index contributed by atoms with van der Waals surface area (Å²) in [5, 5.41) is 0. The molecule has 0 aliphatic heterocycles. The van der Waals surface area contributed by atoms with Gasteiger partial charge >= 0.3 is 0 Å². The first-order valence-corrected chi connectivity index (χ1v) is 14.1. The van der Waals surface area contributed by atoms with Crippen molar-refractivity contribution in [1.82, 2.24) is 0 Å². The molecular weight excluding hydrogens is 456 g/mol. The van der Waals surface area contributed by atoms with Gasteiger partial charge in [0.2, 0.25) is 0 Å². The lowest BCUT2D eigenvalue weighted by molar-refractivity contribution is -0.671. The number of hydrogen-bond donors (Lipinski definition) is 0. The Morgan fingerprint density at radius 3 is 2.16 bits per heavy atom. The Bertz CT molecular complexity index is 1080. The van der Waals surface area contributed by atoms with E-state index in [-0.39, 0.29) is 5.91 Å². The molecule has 1 amide bonds. The second-order valence-corrected chi connectivity index (χ2v) is 10.1. The fraction of sp³-hybridized carbons (Fsp3) is 0.455. The molecule has 198 valence electrons. The number of rotatable bonds is 16. The number of unbranched alkanes of at least 4 members (excludes halogenated alkanes) is 9. The van der Waals surface area contributed by atoms with Crippen LogP contribution in [0.4, 0.5) is 5.69 Å². The highest BCUT2D eigenvalue weighted by Gasteiger charge is 2.21. The van der Waals surface area contributed by atoms with Gasteiger partial charge in [-0.25, -0.2) is 4.57 Å². The summed E-state index contributed by atoms with van der Waals surface area (Å²) < 4.78 is 7.96. The van der Waals surface area contributed by atoms with Gasteiger partial charge in [-0.05, 0) is 54.8 Å². The van der Waals surface area contributed by atoms with Gasteiger partial charge in [-0.15, -0.1) is 0 Å². The van der Waals surface area contributed by atoms with Crippen molar-refractivity contribution in [3.05, 3.63) is 89.7 Å². The maximum atomic E-state index is 13.5. The molecule has 0 saturated carbocycles. The van der Waals surface area contributed by atoms with Crippen LogP contribution in [0.2, 0.25) is 0 Å². The molecule has 0 bridgehead atoms. The van der Waals surface area contributed by atoms with Gasteiger partial charge in [-0.3, -0.25) is 4.79 Å². The number of nitrogens with zero attached hydrogens (tertiary/aromatic N) is 2. The molecule has 2 aromatic carbocycles. The first-order valence-electron chi connectivity index (χ1n) is 14.1. The third kappa shape index (κ3) is 9.68. The van der Waals surface area contributed by atoms with Gasteiger partial charge in [-0.2, -0.15) is 0 Å². The van der Waals surface area contributed by atoms with E-state index in [9.17, 15) is 4.79 Å². The van der Waals surface area contributed by atoms with E-state index in [1.165, 1.54) is 57.8 Å². The molecule has 0 saturated heterocycles. The van der Waals surface area contributed by atoms with E-state index in [0.29, 0.717) is 12.1 Å². The Morgan fingerprint density at radius 1 is 0.838 bits per heavy atom. The summed E-state index contributed by atoms with van der Waals surface area (Å²) in [5.74, 6) is 0.896. The predicted octanol–water partition coefficient (Wildman–Crippen LogP) is 7.97. The summed E-state index contributed by atoms with van der Waals surface area (Å²) in [6.07, 6.45) is 17.0. The fourth-order valence-electron chi connectivity index (χ4n) is 4.64. The van der Waals surface area contributed by atoms with Crippen LogP contribution < -0.4 is 14.2 Å². The molecule has 1 aromatic heterocycles. The van der Waals surface area contributed by atoms with Crippen molar-refractivity contribution in [1.29, 1.82) is 0 Å². The van der Waals surface area contributed by atoms with Crippen molar-refractivity contribution in [3.63, 3.8) is 0 Å². The Kier molecular flexibility index (Phi) is 12.2. The van der Waals surface area contributed by atoms with Crippen molar-refractivity contribution in [2.24, 2.45) is 7.05 Å². The van der Waals surface area contributed by atoms with Crippen molar-refractivity contribution < 1.29 is 14.1 Å². The number of ether oxygens (including phenoxy) is 1. The molecule has 4 heteroatoms. The molecule has 1 heterocycles. The third-order valence-electron chi connectivity index (χ3n) is 6.91. The summed E-state index contributed by atoms with van der Waals surface area (Å²) in [5.41, 5.74) is 3.80. The molecule has 3 aromatic rings. The number of para-hydroxylation sites is 1. The van der Waals surface area contributed by atoms with Crippen LogP contribution in [0.1, 0.15) is 92.6 Å². The number of carbonyl (C=O) groups excluding carboxylic acids is 1. The Labute approximate surface area is 224 Å². The van der Waals surface area contributed by atoms with Crippen molar-refractivity contribution in [3.8, 4) is 5.75 Å². The standard InChI is InChI=1S/C33H45N2O2/c1-4-5-6-7-8-9-10-11-12-16-24-37-32-22-21-29(28(2)25-32)27-35(31-19-14-13-15-20-31)33(36)30-18-17-23-34(3)26-30/h13-15,17-23,25-26H,4-12,16,24,27H2,1-3H3/q+1. The molecule has 37 heavy (non-hydrogen) atoms. The van der Waals surface area contributed by atoms with Crippen molar-refractivity contribution >= 4 is 11.6 Å². The van der Waals surface area contributed by atoms with E-state index >= 15 is 0 Å². The Balaban J connectivity index is 1.51. The normalized spacial score (nSPS) is 10.9. The van der Waals surface area contributed by atoms with Crippen LogP contribution in [-0.4, -0.2) is 12.5 Å². The van der Waals surface area contributed by atoms with Crippen LogP contribution in [0.25, 0.3) is 0 Å². The Hall–Kier alpha value is -3.14. The summed E-state index contributed by atoms with van der Waals surface area (Å²) in [6, 6.07) is 19.9. The van der Waals surface area contributed by atoms with E-state index < -0.39 is 0 Å². The lowest BCUT2D eigenvalue weighted by atomic mass is 10.1. The molecular formula is C33H45N2O2+. The minimum atomic E-state index is -0.0110. The average Bonchev–Trinajstić information content (AvgIpc) is 2.91. The van der Waals surface area contributed by atoms with Gasteiger partial charge in [0.15, 0.2) is 12.4 Å². The van der Waals surface area contributed by atoms with E-state index in [2.05, 4.69) is 26.0 Å². The largest absolute Gasteiger partial charge is 0.494 e. The summed E-state index contributed by atoms with van der Waals surface area (Å²) in [4.78, 5) is 15.3. The van der Waals surface area contributed by atoms with Crippen LogP contribution in [0.5, 0.6) is 5.75 Å². The zero-order chi connectivity index (χ0) is 26.3. The topological polar surface area (TPSA) is 33.4 Å². The number of amides is 1. The molecule has 0 N–H and O–H groups in total. The molecule has 0 atom stereocenters. The van der Waals surface area contributed by atoms with Crippen molar-refractivity contribution in [2.75, 3.05) is 11.5 Å². The molecule has 4 nitrogen and oxygen atoms in total. The third-order valence-corrected chi connectivity index (χ3v) is 6.91. The molecule has 0 fully saturated rings. The second kappa shape index (κ2) is 15.9. The first kappa shape index (κ1) is 28.4. The van der Waals surface area contributed by atoms with E-state index in [0.717, 1.165) is 35.6 Å².